The zero-order valence-corrected chi connectivity index (χ0v) is 17.1. The number of carbonyl (C=O) groups is 2. The van der Waals surface area contributed by atoms with Crippen molar-refractivity contribution in [3.05, 3.63) is 108 Å². The number of fused-ring (bicyclic) bond motifs is 1. The van der Waals surface area contributed by atoms with Gasteiger partial charge < -0.3 is 20.9 Å². The van der Waals surface area contributed by atoms with E-state index in [4.69, 9.17) is 0 Å². The van der Waals surface area contributed by atoms with Gasteiger partial charge in [0.05, 0.1) is 5.57 Å². The second-order valence-electron chi connectivity index (χ2n) is 7.42. The van der Waals surface area contributed by atoms with Gasteiger partial charge in [-0.05, 0) is 66.7 Å². The van der Waals surface area contributed by atoms with Gasteiger partial charge in [0.2, 0.25) is 0 Å². The number of rotatable bonds is 5. The van der Waals surface area contributed by atoms with Gasteiger partial charge in [-0.1, -0.05) is 24.3 Å². The Hall–Kier alpha value is -4.58. The van der Waals surface area contributed by atoms with Crippen LogP contribution in [0.4, 0.5) is 22.7 Å². The lowest BCUT2D eigenvalue weighted by Gasteiger charge is -2.11. The van der Waals surface area contributed by atoms with E-state index in [9.17, 15) is 9.59 Å². The van der Waals surface area contributed by atoms with Crippen LogP contribution in [0.2, 0.25) is 0 Å². The van der Waals surface area contributed by atoms with Gasteiger partial charge in [0, 0.05) is 45.8 Å². The second-order valence-corrected chi connectivity index (χ2v) is 7.42. The molecule has 4 N–H and O–H groups in total. The van der Waals surface area contributed by atoms with E-state index < -0.39 is 0 Å². The van der Waals surface area contributed by atoms with E-state index in [1.165, 1.54) is 0 Å². The van der Waals surface area contributed by atoms with Gasteiger partial charge >= 0.3 is 0 Å². The number of H-pyrrole nitrogens is 1. The third kappa shape index (κ3) is 4.02. The molecule has 6 heteroatoms. The van der Waals surface area contributed by atoms with Crippen LogP contribution in [0.25, 0.3) is 11.6 Å². The molecule has 0 bridgehead atoms. The summed E-state index contributed by atoms with van der Waals surface area (Å²) < 4.78 is 0. The van der Waals surface area contributed by atoms with Crippen LogP contribution in [0.3, 0.4) is 0 Å². The first kappa shape index (κ1) is 19.4. The van der Waals surface area contributed by atoms with Crippen molar-refractivity contribution in [3.8, 4) is 0 Å². The van der Waals surface area contributed by atoms with Crippen molar-refractivity contribution in [3.63, 3.8) is 0 Å². The van der Waals surface area contributed by atoms with Gasteiger partial charge in [0.1, 0.15) is 0 Å². The fraction of sp³-hybridized carbons (Fsp3) is 0. The van der Waals surface area contributed by atoms with E-state index in [0.29, 0.717) is 16.8 Å². The maximum absolute atomic E-state index is 12.4. The van der Waals surface area contributed by atoms with Crippen LogP contribution in [0, 0.1) is 0 Å². The van der Waals surface area contributed by atoms with Gasteiger partial charge in [0.15, 0.2) is 0 Å². The average Bonchev–Trinajstić information content (AvgIpc) is 3.43. The number of aromatic nitrogens is 1. The number of aromatic amines is 1. The van der Waals surface area contributed by atoms with Gasteiger partial charge in [-0.15, -0.1) is 0 Å². The van der Waals surface area contributed by atoms with Crippen molar-refractivity contribution in [1.82, 2.24) is 4.98 Å². The van der Waals surface area contributed by atoms with Crippen LogP contribution in [0.1, 0.15) is 21.6 Å². The Kier molecular flexibility index (Phi) is 5.01. The Morgan fingerprint density at radius 1 is 0.812 bits per heavy atom. The van der Waals surface area contributed by atoms with E-state index in [1.54, 1.807) is 12.1 Å². The molecule has 3 aromatic carbocycles. The highest BCUT2D eigenvalue weighted by atomic mass is 16.2. The number of nitrogens with one attached hydrogen (secondary N) is 4. The Morgan fingerprint density at radius 2 is 1.62 bits per heavy atom. The quantitative estimate of drug-likeness (QED) is 0.322. The summed E-state index contributed by atoms with van der Waals surface area (Å²) in [6, 6.07) is 26.1. The molecular weight excluding hydrogens is 400 g/mol. The van der Waals surface area contributed by atoms with Gasteiger partial charge in [-0.25, -0.2) is 0 Å². The fourth-order valence-corrected chi connectivity index (χ4v) is 3.63. The number of hydrogen-bond donors (Lipinski definition) is 4. The molecule has 0 spiro atoms. The molecule has 1 aliphatic rings. The molecular formula is C26H20N4O2. The first-order valence-electron chi connectivity index (χ1n) is 10.2. The molecule has 2 amide bonds. The summed E-state index contributed by atoms with van der Waals surface area (Å²) in [7, 11) is 0. The van der Waals surface area contributed by atoms with E-state index in [1.807, 2.05) is 85.1 Å². The predicted molar refractivity (Wildman–Crippen MR) is 128 cm³/mol. The molecule has 0 radical (unpaired) electrons. The van der Waals surface area contributed by atoms with Crippen molar-refractivity contribution in [2.45, 2.75) is 0 Å². The van der Waals surface area contributed by atoms with E-state index >= 15 is 0 Å². The van der Waals surface area contributed by atoms with Crippen molar-refractivity contribution in [2.75, 3.05) is 16.0 Å². The summed E-state index contributed by atoms with van der Waals surface area (Å²) in [5, 5.41) is 9.17. The Balaban J connectivity index is 1.37. The van der Waals surface area contributed by atoms with Crippen LogP contribution in [-0.4, -0.2) is 16.8 Å². The lowest BCUT2D eigenvalue weighted by Crippen LogP contribution is -2.11. The molecule has 1 aliphatic heterocycles. The molecule has 0 saturated heterocycles. The number of hydrogen-bond acceptors (Lipinski definition) is 3. The summed E-state index contributed by atoms with van der Waals surface area (Å²) >= 11 is 0. The summed E-state index contributed by atoms with van der Waals surface area (Å²) in [5.74, 6) is -0.290. The average molecular weight is 420 g/mol. The van der Waals surface area contributed by atoms with E-state index in [2.05, 4.69) is 20.9 Å². The van der Waals surface area contributed by atoms with Gasteiger partial charge in [0.25, 0.3) is 11.8 Å². The molecule has 1 aromatic heterocycles. The predicted octanol–water partition coefficient (Wildman–Crippen LogP) is 5.50. The summed E-state index contributed by atoms with van der Waals surface area (Å²) in [4.78, 5) is 28.0. The van der Waals surface area contributed by atoms with Crippen molar-refractivity contribution in [2.24, 2.45) is 0 Å². The molecule has 156 valence electrons. The van der Waals surface area contributed by atoms with E-state index in [0.717, 1.165) is 28.3 Å². The third-order valence-electron chi connectivity index (χ3n) is 5.17. The number of amides is 2. The van der Waals surface area contributed by atoms with Gasteiger partial charge in [-0.3, -0.25) is 9.59 Å². The maximum atomic E-state index is 12.4. The largest absolute Gasteiger partial charge is 0.362 e. The Morgan fingerprint density at radius 3 is 2.44 bits per heavy atom. The molecule has 5 rings (SSSR count). The van der Waals surface area contributed by atoms with Crippen molar-refractivity contribution < 1.29 is 9.59 Å². The van der Waals surface area contributed by atoms with Crippen molar-refractivity contribution in [1.29, 1.82) is 0 Å². The zero-order chi connectivity index (χ0) is 21.9. The highest BCUT2D eigenvalue weighted by Gasteiger charge is 2.24. The molecule has 6 nitrogen and oxygen atoms in total. The summed E-state index contributed by atoms with van der Waals surface area (Å²) in [5.41, 5.74) is 6.04. The summed E-state index contributed by atoms with van der Waals surface area (Å²) in [6.45, 7) is 0. The molecule has 2 heterocycles. The SMILES string of the molecule is O=C1Nc2ccc(Nc3cccc(NC(=O)c4ccccc4)c3)cc2C1=Cc1ccc[nH]1. The normalized spacial score (nSPS) is 13.5. The number of carbonyl (C=O) groups excluding carboxylic acids is 2. The number of benzene rings is 3. The van der Waals surface area contributed by atoms with Crippen LogP contribution in [0.5, 0.6) is 0 Å². The minimum atomic E-state index is -0.163. The highest BCUT2D eigenvalue weighted by Crippen LogP contribution is 2.35. The van der Waals surface area contributed by atoms with Crippen molar-refractivity contribution >= 4 is 46.2 Å². The Bertz CT molecular complexity index is 1330. The second kappa shape index (κ2) is 8.28. The van der Waals surface area contributed by atoms with Gasteiger partial charge in [-0.2, -0.15) is 0 Å². The maximum Gasteiger partial charge on any atom is 0.256 e. The molecule has 32 heavy (non-hydrogen) atoms. The zero-order valence-electron chi connectivity index (χ0n) is 17.1. The van der Waals surface area contributed by atoms with Crippen LogP contribution >= 0.6 is 0 Å². The Labute approximate surface area is 185 Å². The molecule has 4 aromatic rings. The minimum Gasteiger partial charge on any atom is -0.362 e. The summed E-state index contributed by atoms with van der Waals surface area (Å²) in [6.07, 6.45) is 3.66. The number of anilines is 4. The first-order valence-corrected chi connectivity index (χ1v) is 10.2. The fourth-order valence-electron chi connectivity index (χ4n) is 3.63. The first-order chi connectivity index (χ1) is 15.7. The lowest BCUT2D eigenvalue weighted by molar-refractivity contribution is -0.110. The van der Waals surface area contributed by atoms with Crippen LogP contribution in [0.15, 0.2) is 91.1 Å². The van der Waals surface area contributed by atoms with Crippen LogP contribution < -0.4 is 16.0 Å². The third-order valence-corrected chi connectivity index (χ3v) is 5.17. The molecule has 0 atom stereocenters. The minimum absolute atomic E-state index is 0.127. The smallest absolute Gasteiger partial charge is 0.256 e. The monoisotopic (exact) mass is 420 g/mol. The molecule has 0 fully saturated rings. The molecule has 0 unspecified atom stereocenters. The molecule has 0 aliphatic carbocycles. The van der Waals surface area contributed by atoms with Crippen LogP contribution in [-0.2, 0) is 4.79 Å². The standard InChI is InChI=1S/C26H20N4O2/c31-25(17-6-2-1-3-7-17)29-20-9-4-8-19(14-20)28-21-11-12-24-22(16-21)23(26(32)30-24)15-18-10-5-13-27-18/h1-16,27-28H,(H,29,31)(H,30,32). The lowest BCUT2D eigenvalue weighted by atomic mass is 10.1. The highest BCUT2D eigenvalue weighted by molar-refractivity contribution is 6.35. The van der Waals surface area contributed by atoms with E-state index in [-0.39, 0.29) is 11.8 Å². The molecule has 0 saturated carbocycles. The topological polar surface area (TPSA) is 86.0 Å².